The molecule has 65 heavy (non-hydrogen) atoms. The summed E-state index contributed by atoms with van der Waals surface area (Å²) >= 11 is 4.43. The zero-order valence-corrected chi connectivity index (χ0v) is 40.6. The largest absolute Gasteiger partial charge is 0.489 e. The molecule has 8 rings (SSSR count). The van der Waals surface area contributed by atoms with Gasteiger partial charge in [-0.2, -0.15) is 12.6 Å². The van der Waals surface area contributed by atoms with Crippen LogP contribution in [0.25, 0.3) is 33.4 Å². The minimum Gasteiger partial charge on any atom is -0.489 e. The van der Waals surface area contributed by atoms with E-state index in [0.29, 0.717) is 6.61 Å². The third-order valence-electron chi connectivity index (χ3n) is 13.1. The topological polar surface area (TPSA) is 9.23 Å². The van der Waals surface area contributed by atoms with E-state index in [2.05, 4.69) is 269 Å². The molecule has 8 aromatic rings. The first kappa shape index (κ1) is 45.5. The minimum absolute atomic E-state index is 0.0944. The van der Waals surface area contributed by atoms with Crippen molar-refractivity contribution in [1.82, 2.24) is 0 Å². The Labute approximate surface area is 395 Å². The molecule has 0 atom stereocenters. The maximum absolute atomic E-state index is 6.41. The highest BCUT2D eigenvalue weighted by atomic mass is 32.1. The lowest BCUT2D eigenvalue weighted by Crippen LogP contribution is -2.31. The molecule has 0 aliphatic rings. The highest BCUT2D eigenvalue weighted by Gasteiger charge is 2.39. The zero-order valence-electron chi connectivity index (χ0n) is 39.7. The maximum atomic E-state index is 6.41. The Balaban J connectivity index is 1.26. The summed E-state index contributed by atoms with van der Waals surface area (Å²) in [4.78, 5) is 0. The Bertz CT molecular complexity index is 2550. The molecule has 0 N–H and O–H groups in total. The first-order valence-electron chi connectivity index (χ1n) is 23.1. The van der Waals surface area contributed by atoms with Gasteiger partial charge in [0.05, 0.1) is 5.41 Å². The average Bonchev–Trinajstić information content (AvgIpc) is 3.31. The molecule has 328 valence electrons. The fourth-order valence-corrected chi connectivity index (χ4v) is 9.15. The van der Waals surface area contributed by atoms with Gasteiger partial charge in [0.2, 0.25) is 0 Å². The quantitative estimate of drug-likeness (QED) is 0.101. The standard InChI is InChI=1S/C63H64OS/c1-60(2,3)52-26-14-46(15-27-52)49-20-32-55(33-21-49)63(56-34-22-50(23-35-56)47-16-28-53(29-17-47)61(4,5)6,57-36-24-51(25-37-57)48-18-30-54(31-19-48)62(7,8)9)58-38-40-59(41-39-58)64-42-44-10-12-45(43-65)13-11-44/h10-41,65H,42-43H2,1-9H3. The highest BCUT2D eigenvalue weighted by molar-refractivity contribution is 7.79. The Hall–Kier alpha value is -6.09. The molecule has 0 saturated carbocycles. The van der Waals surface area contributed by atoms with Crippen molar-refractivity contribution in [1.29, 1.82) is 0 Å². The second-order valence-corrected chi connectivity index (χ2v) is 21.1. The van der Waals surface area contributed by atoms with E-state index in [1.165, 1.54) is 72.3 Å². The molecule has 0 fully saturated rings. The van der Waals surface area contributed by atoms with Crippen molar-refractivity contribution in [2.75, 3.05) is 0 Å². The molecule has 0 radical (unpaired) electrons. The number of hydrogen-bond acceptors (Lipinski definition) is 2. The minimum atomic E-state index is -0.668. The van der Waals surface area contributed by atoms with Crippen molar-refractivity contribution in [3.63, 3.8) is 0 Å². The summed E-state index contributed by atoms with van der Waals surface area (Å²) in [6.07, 6.45) is 0. The molecular weight excluding hydrogens is 805 g/mol. The normalized spacial score (nSPS) is 12.3. The van der Waals surface area contributed by atoms with E-state index >= 15 is 0 Å². The maximum Gasteiger partial charge on any atom is 0.119 e. The highest BCUT2D eigenvalue weighted by Crippen LogP contribution is 2.47. The van der Waals surface area contributed by atoms with Crippen LogP contribution in [0.3, 0.4) is 0 Å². The molecule has 0 heterocycles. The van der Waals surface area contributed by atoms with E-state index in [1.54, 1.807) is 0 Å². The molecule has 0 aliphatic heterocycles. The van der Waals surface area contributed by atoms with Gasteiger partial charge < -0.3 is 4.74 Å². The Kier molecular flexibility index (Phi) is 12.9. The van der Waals surface area contributed by atoms with Crippen molar-refractivity contribution in [2.45, 2.75) is 96.3 Å². The van der Waals surface area contributed by atoms with Crippen LogP contribution in [-0.2, 0) is 34.0 Å². The van der Waals surface area contributed by atoms with Crippen LogP contribution in [-0.4, -0.2) is 0 Å². The average molecular weight is 869 g/mol. The fraction of sp³-hybridized carbons (Fsp3) is 0.238. The SMILES string of the molecule is CC(C)(C)c1ccc(-c2ccc(C(c3ccc(OCc4ccc(CS)cc4)cc3)(c3ccc(-c4ccc(C(C)(C)C)cc4)cc3)c3ccc(-c4ccc(C(C)(C)C)cc4)cc3)cc2)cc1. The first-order valence-corrected chi connectivity index (χ1v) is 23.7. The Morgan fingerprint density at radius 3 is 0.769 bits per heavy atom. The van der Waals surface area contributed by atoms with Crippen LogP contribution in [0.15, 0.2) is 194 Å². The smallest absolute Gasteiger partial charge is 0.119 e. The number of ether oxygens (including phenoxy) is 1. The van der Waals surface area contributed by atoms with Crippen molar-refractivity contribution < 1.29 is 4.74 Å². The van der Waals surface area contributed by atoms with Crippen molar-refractivity contribution in [3.8, 4) is 39.1 Å². The molecule has 0 saturated heterocycles. The zero-order chi connectivity index (χ0) is 46.0. The van der Waals surface area contributed by atoms with Crippen LogP contribution in [0, 0.1) is 0 Å². The molecule has 0 bridgehead atoms. The van der Waals surface area contributed by atoms with E-state index in [1.807, 2.05) is 0 Å². The van der Waals surface area contributed by atoms with Crippen molar-refractivity contribution in [2.24, 2.45) is 0 Å². The van der Waals surface area contributed by atoms with Gasteiger partial charge in [-0.25, -0.2) is 0 Å². The molecule has 2 heteroatoms. The van der Waals surface area contributed by atoms with Crippen molar-refractivity contribution >= 4 is 12.6 Å². The van der Waals surface area contributed by atoms with Crippen molar-refractivity contribution in [3.05, 3.63) is 244 Å². The van der Waals surface area contributed by atoms with Gasteiger partial charge >= 0.3 is 0 Å². The van der Waals surface area contributed by atoms with E-state index in [4.69, 9.17) is 4.74 Å². The molecule has 8 aromatic carbocycles. The lowest BCUT2D eigenvalue weighted by molar-refractivity contribution is 0.306. The predicted octanol–water partition coefficient (Wildman–Crippen LogP) is 17.0. The molecule has 0 spiro atoms. The fourth-order valence-electron chi connectivity index (χ4n) is 8.93. The summed E-state index contributed by atoms with van der Waals surface area (Å²) in [6.45, 7) is 20.9. The van der Waals surface area contributed by atoms with Crippen LogP contribution in [0.1, 0.15) is 112 Å². The lowest BCUT2D eigenvalue weighted by Gasteiger charge is -2.37. The van der Waals surface area contributed by atoms with E-state index < -0.39 is 5.41 Å². The summed E-state index contributed by atoms with van der Waals surface area (Å²) in [7, 11) is 0. The van der Waals surface area contributed by atoms with Crippen LogP contribution in [0.5, 0.6) is 5.75 Å². The van der Waals surface area contributed by atoms with Crippen LogP contribution in [0.4, 0.5) is 0 Å². The second kappa shape index (κ2) is 18.4. The van der Waals surface area contributed by atoms with Gasteiger partial charge in [0, 0.05) is 5.75 Å². The van der Waals surface area contributed by atoms with E-state index in [0.717, 1.165) is 22.6 Å². The number of rotatable bonds is 11. The van der Waals surface area contributed by atoms with Gasteiger partial charge in [0.1, 0.15) is 12.4 Å². The summed E-state index contributed by atoms with van der Waals surface area (Å²) in [5.41, 5.74) is 17.9. The third kappa shape index (κ3) is 9.95. The summed E-state index contributed by atoms with van der Waals surface area (Å²) < 4.78 is 6.41. The summed E-state index contributed by atoms with van der Waals surface area (Å²) in [6, 6.07) is 72.2. The van der Waals surface area contributed by atoms with Crippen LogP contribution >= 0.6 is 12.6 Å². The Morgan fingerprint density at radius 2 is 0.523 bits per heavy atom. The van der Waals surface area contributed by atoms with Gasteiger partial charge in [-0.15, -0.1) is 0 Å². The van der Waals surface area contributed by atoms with Gasteiger partial charge in [-0.3, -0.25) is 0 Å². The third-order valence-corrected chi connectivity index (χ3v) is 13.5. The first-order chi connectivity index (χ1) is 31.0. The molecule has 0 unspecified atom stereocenters. The number of benzene rings is 8. The van der Waals surface area contributed by atoms with Crippen LogP contribution in [0.2, 0.25) is 0 Å². The number of thiol groups is 1. The molecule has 0 amide bonds. The van der Waals surface area contributed by atoms with Gasteiger partial charge in [-0.1, -0.05) is 244 Å². The summed E-state index contributed by atoms with van der Waals surface area (Å²) in [5.74, 6) is 1.55. The molecule has 0 aliphatic carbocycles. The van der Waals surface area contributed by atoms with Gasteiger partial charge in [-0.05, 0) is 112 Å². The van der Waals surface area contributed by atoms with Gasteiger partial charge in [0.25, 0.3) is 0 Å². The lowest BCUT2D eigenvalue weighted by atomic mass is 9.64. The van der Waals surface area contributed by atoms with Gasteiger partial charge in [0.15, 0.2) is 0 Å². The predicted molar refractivity (Wildman–Crippen MR) is 281 cm³/mol. The number of hydrogen-bond donors (Lipinski definition) is 1. The van der Waals surface area contributed by atoms with Crippen LogP contribution < -0.4 is 4.74 Å². The second-order valence-electron chi connectivity index (χ2n) is 20.8. The molecule has 0 aromatic heterocycles. The molecular formula is C63H64OS. The van der Waals surface area contributed by atoms with E-state index in [9.17, 15) is 0 Å². The molecule has 1 nitrogen and oxygen atoms in total. The monoisotopic (exact) mass is 868 g/mol. The van der Waals surface area contributed by atoms with E-state index in [-0.39, 0.29) is 16.2 Å². The summed E-state index contributed by atoms with van der Waals surface area (Å²) in [5, 5.41) is 0. The Morgan fingerprint density at radius 1 is 0.292 bits per heavy atom.